The molecule has 2 nitrogen and oxygen atoms in total. The van der Waals surface area contributed by atoms with E-state index in [4.69, 9.17) is 4.74 Å². The van der Waals surface area contributed by atoms with Gasteiger partial charge in [0, 0.05) is 6.92 Å². The summed E-state index contributed by atoms with van der Waals surface area (Å²) >= 11 is 0. The highest BCUT2D eigenvalue weighted by Gasteiger charge is 2.21. The second-order valence-corrected chi connectivity index (χ2v) is 4.04. The van der Waals surface area contributed by atoms with Gasteiger partial charge in [0.25, 0.3) is 0 Å². The molecule has 0 radical (unpaired) electrons. The van der Waals surface area contributed by atoms with E-state index in [0.717, 1.165) is 18.8 Å². The molecule has 2 heteroatoms. The maximum atomic E-state index is 10.7. The maximum Gasteiger partial charge on any atom is 0.302 e. The highest BCUT2D eigenvalue weighted by atomic mass is 16.5. The lowest BCUT2D eigenvalue weighted by Gasteiger charge is -2.27. The second kappa shape index (κ2) is 5.25. The van der Waals surface area contributed by atoms with Gasteiger partial charge in [0.2, 0.25) is 0 Å². The molecule has 0 saturated heterocycles. The Balaban J connectivity index is 2.18. The molecule has 0 amide bonds. The van der Waals surface area contributed by atoms with Crippen LogP contribution in [0.25, 0.3) is 0 Å². The third kappa shape index (κ3) is 3.79. The van der Waals surface area contributed by atoms with E-state index in [9.17, 15) is 4.79 Å². The predicted octanol–water partition coefficient (Wildman–Crippen LogP) is 2.91. The van der Waals surface area contributed by atoms with Gasteiger partial charge >= 0.3 is 5.97 Å². The summed E-state index contributed by atoms with van der Waals surface area (Å²) < 4.78 is 5.18. The Morgan fingerprint density at radius 3 is 2.38 bits per heavy atom. The summed E-state index contributed by atoms with van der Waals surface area (Å²) in [5.41, 5.74) is 0. The van der Waals surface area contributed by atoms with E-state index in [1.54, 1.807) is 0 Å². The zero-order valence-electron chi connectivity index (χ0n) is 8.71. The summed E-state index contributed by atoms with van der Waals surface area (Å²) in [6.45, 7) is 3.73. The zero-order chi connectivity index (χ0) is 9.68. The first-order chi connectivity index (χ1) is 6.22. The van der Waals surface area contributed by atoms with Crippen molar-refractivity contribution in [3.63, 3.8) is 0 Å². The van der Waals surface area contributed by atoms with Gasteiger partial charge in [-0.3, -0.25) is 4.79 Å². The molecule has 0 unspecified atom stereocenters. The number of hydrogen-bond acceptors (Lipinski definition) is 2. The van der Waals surface area contributed by atoms with Gasteiger partial charge < -0.3 is 4.74 Å². The third-order valence-electron chi connectivity index (χ3n) is 2.82. The average molecular weight is 184 g/mol. The molecule has 0 heterocycles. The molecule has 1 fully saturated rings. The highest BCUT2D eigenvalue weighted by molar-refractivity contribution is 5.66. The minimum absolute atomic E-state index is 0.126. The molecule has 1 rings (SSSR count). The number of hydrogen-bond donors (Lipinski definition) is 0. The van der Waals surface area contributed by atoms with Crippen molar-refractivity contribution in [2.24, 2.45) is 5.92 Å². The van der Waals surface area contributed by atoms with Gasteiger partial charge in [-0.15, -0.1) is 0 Å². The summed E-state index contributed by atoms with van der Waals surface area (Å²) in [6, 6.07) is 0. The van der Waals surface area contributed by atoms with E-state index in [1.165, 1.54) is 32.6 Å². The number of carbonyl (C=O) groups excluding carboxylic acids is 1. The first-order valence-electron chi connectivity index (χ1n) is 5.39. The summed E-state index contributed by atoms with van der Waals surface area (Å²) in [7, 11) is 0. The number of esters is 1. The Labute approximate surface area is 80.7 Å². The van der Waals surface area contributed by atoms with Gasteiger partial charge in [0.1, 0.15) is 6.10 Å². The van der Waals surface area contributed by atoms with Crippen molar-refractivity contribution in [1.82, 2.24) is 0 Å². The molecule has 1 saturated carbocycles. The molecule has 0 aromatic rings. The molecule has 0 aromatic heterocycles. The highest BCUT2D eigenvalue weighted by Crippen LogP contribution is 2.29. The van der Waals surface area contributed by atoms with E-state index in [-0.39, 0.29) is 12.1 Å². The minimum atomic E-state index is -0.126. The van der Waals surface area contributed by atoms with Gasteiger partial charge in [-0.05, 0) is 31.6 Å². The van der Waals surface area contributed by atoms with Crippen LogP contribution in [0.15, 0.2) is 0 Å². The minimum Gasteiger partial charge on any atom is -0.463 e. The van der Waals surface area contributed by atoms with Gasteiger partial charge in [-0.2, -0.15) is 0 Å². The lowest BCUT2D eigenvalue weighted by molar-refractivity contribution is -0.148. The van der Waals surface area contributed by atoms with Crippen molar-refractivity contribution in [2.45, 2.75) is 58.5 Å². The largest absolute Gasteiger partial charge is 0.463 e. The predicted molar refractivity (Wildman–Crippen MR) is 52.4 cm³/mol. The molecule has 76 valence electrons. The Morgan fingerprint density at radius 1 is 1.31 bits per heavy atom. The van der Waals surface area contributed by atoms with E-state index in [0.29, 0.717) is 0 Å². The van der Waals surface area contributed by atoms with E-state index in [2.05, 4.69) is 6.92 Å². The Bertz CT molecular complexity index is 157. The fourth-order valence-corrected chi connectivity index (χ4v) is 2.18. The van der Waals surface area contributed by atoms with Crippen LogP contribution in [-0.2, 0) is 9.53 Å². The van der Waals surface area contributed by atoms with Crippen molar-refractivity contribution in [3.05, 3.63) is 0 Å². The first-order valence-corrected chi connectivity index (χ1v) is 5.39. The second-order valence-electron chi connectivity index (χ2n) is 4.04. The zero-order valence-corrected chi connectivity index (χ0v) is 8.71. The van der Waals surface area contributed by atoms with Crippen LogP contribution in [0.2, 0.25) is 0 Å². The molecule has 0 atom stereocenters. The van der Waals surface area contributed by atoms with Crippen LogP contribution in [0.3, 0.4) is 0 Å². The lowest BCUT2D eigenvalue weighted by Crippen LogP contribution is -2.23. The van der Waals surface area contributed by atoms with Gasteiger partial charge in [0.05, 0.1) is 0 Å². The maximum absolute atomic E-state index is 10.7. The molecule has 1 aliphatic rings. The van der Waals surface area contributed by atoms with Crippen LogP contribution in [0.5, 0.6) is 0 Å². The number of ether oxygens (including phenoxy) is 1. The molecular weight excluding hydrogens is 164 g/mol. The van der Waals surface area contributed by atoms with E-state index in [1.807, 2.05) is 0 Å². The van der Waals surface area contributed by atoms with Crippen LogP contribution < -0.4 is 0 Å². The fraction of sp³-hybridized carbons (Fsp3) is 0.909. The van der Waals surface area contributed by atoms with E-state index < -0.39 is 0 Å². The van der Waals surface area contributed by atoms with Crippen LogP contribution in [0, 0.1) is 5.92 Å². The quantitative estimate of drug-likeness (QED) is 0.630. The lowest BCUT2D eigenvalue weighted by atomic mass is 9.85. The Kier molecular flexibility index (Phi) is 4.26. The fourth-order valence-electron chi connectivity index (χ4n) is 2.18. The SMILES string of the molecule is CCCC1CCC(OC(C)=O)CC1. The molecule has 0 N–H and O–H groups in total. The van der Waals surface area contributed by atoms with Crippen LogP contribution in [0.4, 0.5) is 0 Å². The van der Waals surface area contributed by atoms with Crippen molar-refractivity contribution < 1.29 is 9.53 Å². The van der Waals surface area contributed by atoms with E-state index >= 15 is 0 Å². The van der Waals surface area contributed by atoms with Crippen molar-refractivity contribution in [3.8, 4) is 0 Å². The number of carbonyl (C=O) groups is 1. The van der Waals surface area contributed by atoms with Gasteiger partial charge in [-0.25, -0.2) is 0 Å². The summed E-state index contributed by atoms with van der Waals surface area (Å²) in [5.74, 6) is 0.760. The van der Waals surface area contributed by atoms with Crippen molar-refractivity contribution in [2.75, 3.05) is 0 Å². The number of rotatable bonds is 3. The molecule has 1 aliphatic carbocycles. The Morgan fingerprint density at radius 2 is 1.92 bits per heavy atom. The molecule has 0 aliphatic heterocycles. The molecule has 0 bridgehead atoms. The monoisotopic (exact) mass is 184 g/mol. The molecule has 0 aromatic carbocycles. The Hall–Kier alpha value is -0.530. The van der Waals surface area contributed by atoms with Gasteiger partial charge in [-0.1, -0.05) is 19.8 Å². The van der Waals surface area contributed by atoms with Crippen molar-refractivity contribution in [1.29, 1.82) is 0 Å². The normalized spacial score (nSPS) is 28.5. The molecule has 0 spiro atoms. The summed E-state index contributed by atoms with van der Waals surface area (Å²) in [4.78, 5) is 10.7. The van der Waals surface area contributed by atoms with Crippen molar-refractivity contribution >= 4 is 5.97 Å². The van der Waals surface area contributed by atoms with Crippen LogP contribution in [0.1, 0.15) is 52.4 Å². The van der Waals surface area contributed by atoms with Gasteiger partial charge in [0.15, 0.2) is 0 Å². The van der Waals surface area contributed by atoms with Crippen LogP contribution >= 0.6 is 0 Å². The average Bonchev–Trinajstić information content (AvgIpc) is 2.08. The standard InChI is InChI=1S/C11H20O2/c1-3-4-10-5-7-11(8-6-10)13-9(2)12/h10-11H,3-8H2,1-2H3. The molecular formula is C11H20O2. The van der Waals surface area contributed by atoms with Crippen LogP contribution in [-0.4, -0.2) is 12.1 Å². The molecule has 13 heavy (non-hydrogen) atoms. The summed E-state index contributed by atoms with van der Waals surface area (Å²) in [6.07, 6.45) is 7.47. The smallest absolute Gasteiger partial charge is 0.302 e. The topological polar surface area (TPSA) is 26.3 Å². The third-order valence-corrected chi connectivity index (χ3v) is 2.82. The summed E-state index contributed by atoms with van der Waals surface area (Å²) in [5, 5.41) is 0. The first kappa shape index (κ1) is 10.6.